The zero-order valence-electron chi connectivity index (χ0n) is 18.7. The fourth-order valence-electron chi connectivity index (χ4n) is 4.98. The highest BCUT2D eigenvalue weighted by atomic mass is 35.5. The number of rotatable bonds is 6. The summed E-state index contributed by atoms with van der Waals surface area (Å²) in [6.07, 6.45) is 4.68. The molecule has 2 aliphatic rings. The second kappa shape index (κ2) is 10.4. The first-order valence-electron chi connectivity index (χ1n) is 11.5. The quantitative estimate of drug-likeness (QED) is 0.540. The molecule has 5 nitrogen and oxygen atoms in total. The van der Waals surface area contributed by atoms with Crippen molar-refractivity contribution in [1.82, 2.24) is 14.4 Å². The second-order valence-electron chi connectivity index (χ2n) is 8.99. The molecule has 0 saturated carbocycles. The van der Waals surface area contributed by atoms with Gasteiger partial charge in [0.25, 0.3) is 5.91 Å². The van der Waals surface area contributed by atoms with E-state index in [1.54, 1.807) is 4.57 Å². The minimum absolute atomic E-state index is 0. The van der Waals surface area contributed by atoms with Crippen LogP contribution in [0.1, 0.15) is 44.8 Å². The second-order valence-corrected chi connectivity index (χ2v) is 8.99. The van der Waals surface area contributed by atoms with E-state index < -0.39 is 0 Å². The van der Waals surface area contributed by atoms with Gasteiger partial charge in [-0.25, -0.2) is 0 Å². The first kappa shape index (κ1) is 23.3. The Balaban J connectivity index is 0.00000259. The van der Waals surface area contributed by atoms with Gasteiger partial charge in [0.2, 0.25) is 5.91 Å². The van der Waals surface area contributed by atoms with Gasteiger partial charge >= 0.3 is 0 Å². The standard InChI is InChI=1S/C27H29N3O2.ClH/c31-26(30-14-6-10-24(30)17-21-7-2-1-3-8-21)20-28-15-12-22(13-16-28)18-29-19-23-9-4-5-11-25(23)27(29)32;/h1-11,14,22H,12-13,15-20H2;1H. The Labute approximate surface area is 201 Å². The molecule has 172 valence electrons. The third-order valence-corrected chi connectivity index (χ3v) is 6.77. The van der Waals surface area contributed by atoms with Crippen LogP contribution in [0.4, 0.5) is 0 Å². The molecule has 0 atom stereocenters. The van der Waals surface area contributed by atoms with E-state index in [4.69, 9.17) is 0 Å². The summed E-state index contributed by atoms with van der Waals surface area (Å²) in [6, 6.07) is 22.2. The lowest BCUT2D eigenvalue weighted by atomic mass is 9.96. The molecule has 0 spiro atoms. The van der Waals surface area contributed by atoms with E-state index in [0.29, 0.717) is 12.5 Å². The smallest absolute Gasteiger partial charge is 0.254 e. The maximum Gasteiger partial charge on any atom is 0.254 e. The highest BCUT2D eigenvalue weighted by Gasteiger charge is 2.30. The van der Waals surface area contributed by atoms with Gasteiger partial charge in [0.05, 0.1) is 6.54 Å². The number of hydrogen-bond acceptors (Lipinski definition) is 3. The number of amides is 1. The van der Waals surface area contributed by atoms with Gasteiger partial charge in [-0.1, -0.05) is 48.5 Å². The molecule has 0 aliphatic carbocycles. The molecule has 0 bridgehead atoms. The molecule has 3 heterocycles. The van der Waals surface area contributed by atoms with Crippen molar-refractivity contribution in [1.29, 1.82) is 0 Å². The van der Waals surface area contributed by atoms with E-state index in [-0.39, 0.29) is 24.2 Å². The lowest BCUT2D eigenvalue weighted by Gasteiger charge is -2.33. The molecule has 1 fully saturated rings. The van der Waals surface area contributed by atoms with Crippen molar-refractivity contribution in [2.75, 3.05) is 26.2 Å². The van der Waals surface area contributed by atoms with Crippen molar-refractivity contribution in [2.45, 2.75) is 25.8 Å². The molecule has 6 heteroatoms. The number of carbonyl (C=O) groups is 2. The molecular formula is C27H30ClN3O2. The third-order valence-electron chi connectivity index (χ3n) is 6.77. The van der Waals surface area contributed by atoms with Crippen LogP contribution < -0.4 is 0 Å². The molecular weight excluding hydrogens is 434 g/mol. The van der Waals surface area contributed by atoms with Crippen LogP contribution >= 0.6 is 12.4 Å². The van der Waals surface area contributed by atoms with Gasteiger partial charge in [0.1, 0.15) is 0 Å². The summed E-state index contributed by atoms with van der Waals surface area (Å²) >= 11 is 0. The van der Waals surface area contributed by atoms with Gasteiger partial charge in [0.15, 0.2) is 0 Å². The van der Waals surface area contributed by atoms with E-state index in [1.807, 2.05) is 59.6 Å². The Kier molecular flexibility index (Phi) is 7.31. The molecule has 2 aromatic carbocycles. The van der Waals surface area contributed by atoms with E-state index in [9.17, 15) is 9.59 Å². The van der Waals surface area contributed by atoms with Gasteiger partial charge < -0.3 is 4.90 Å². The molecule has 33 heavy (non-hydrogen) atoms. The summed E-state index contributed by atoms with van der Waals surface area (Å²) in [5.74, 6) is 0.793. The predicted octanol–water partition coefficient (Wildman–Crippen LogP) is 4.51. The van der Waals surface area contributed by atoms with Crippen LogP contribution in [-0.4, -0.2) is 52.4 Å². The monoisotopic (exact) mass is 463 g/mol. The molecule has 3 aromatic rings. The summed E-state index contributed by atoms with van der Waals surface area (Å²) in [5.41, 5.74) is 4.23. The SMILES string of the molecule is Cl.O=C1c2ccccc2CN1CC1CCN(CC(=O)n2cccc2Cc2ccccc2)CC1. The molecule has 1 saturated heterocycles. The summed E-state index contributed by atoms with van der Waals surface area (Å²) in [6.45, 7) is 3.79. The predicted molar refractivity (Wildman–Crippen MR) is 132 cm³/mol. The first-order valence-corrected chi connectivity index (χ1v) is 11.5. The Morgan fingerprint density at radius 2 is 1.64 bits per heavy atom. The molecule has 0 unspecified atom stereocenters. The fourth-order valence-corrected chi connectivity index (χ4v) is 4.98. The normalized spacial score (nSPS) is 16.5. The number of carbonyl (C=O) groups excluding carboxylic acids is 2. The van der Waals surface area contributed by atoms with Crippen LogP contribution in [0.3, 0.4) is 0 Å². The number of nitrogens with zero attached hydrogens (tertiary/aromatic N) is 3. The van der Waals surface area contributed by atoms with Crippen LogP contribution in [-0.2, 0) is 13.0 Å². The van der Waals surface area contributed by atoms with Crippen molar-refractivity contribution in [3.05, 3.63) is 95.3 Å². The number of aromatic nitrogens is 1. The van der Waals surface area contributed by atoms with Gasteiger partial charge in [-0.15, -0.1) is 12.4 Å². The highest BCUT2D eigenvalue weighted by molar-refractivity contribution is 5.98. The topological polar surface area (TPSA) is 45.6 Å². The maximum atomic E-state index is 13.0. The summed E-state index contributed by atoms with van der Waals surface area (Å²) in [7, 11) is 0. The zero-order chi connectivity index (χ0) is 21.9. The number of halogens is 1. The van der Waals surface area contributed by atoms with Gasteiger partial charge in [0, 0.05) is 37.0 Å². The summed E-state index contributed by atoms with van der Waals surface area (Å²) in [5, 5.41) is 0. The average Bonchev–Trinajstić information content (AvgIpc) is 3.40. The van der Waals surface area contributed by atoms with Gasteiger partial charge in [-0.2, -0.15) is 0 Å². The molecule has 5 rings (SSSR count). The van der Waals surface area contributed by atoms with E-state index in [1.165, 1.54) is 5.56 Å². The van der Waals surface area contributed by atoms with Crippen molar-refractivity contribution in [3.8, 4) is 0 Å². The van der Waals surface area contributed by atoms with E-state index >= 15 is 0 Å². The average molecular weight is 464 g/mol. The Hall–Kier alpha value is -2.89. The Morgan fingerprint density at radius 3 is 2.39 bits per heavy atom. The molecule has 0 radical (unpaired) electrons. The van der Waals surface area contributed by atoms with Crippen molar-refractivity contribution in [2.24, 2.45) is 5.92 Å². The third kappa shape index (κ3) is 5.21. The highest BCUT2D eigenvalue weighted by Crippen LogP contribution is 2.26. The molecule has 1 aromatic heterocycles. The Bertz CT molecular complexity index is 1100. The maximum absolute atomic E-state index is 13.0. The molecule has 0 N–H and O–H groups in total. The minimum Gasteiger partial charge on any atom is -0.334 e. The fraction of sp³-hybridized carbons (Fsp3) is 0.333. The van der Waals surface area contributed by atoms with Crippen LogP contribution in [0.25, 0.3) is 0 Å². The van der Waals surface area contributed by atoms with Crippen molar-refractivity contribution >= 4 is 24.2 Å². The van der Waals surface area contributed by atoms with Crippen LogP contribution in [0, 0.1) is 5.92 Å². The summed E-state index contributed by atoms with van der Waals surface area (Å²) < 4.78 is 1.80. The van der Waals surface area contributed by atoms with Gasteiger partial charge in [-0.3, -0.25) is 19.1 Å². The molecule has 2 aliphatic heterocycles. The lowest BCUT2D eigenvalue weighted by Crippen LogP contribution is -2.41. The van der Waals surface area contributed by atoms with Crippen molar-refractivity contribution in [3.63, 3.8) is 0 Å². The number of benzene rings is 2. The van der Waals surface area contributed by atoms with Crippen LogP contribution in [0.15, 0.2) is 72.9 Å². The number of hydrogen-bond donors (Lipinski definition) is 0. The number of piperidine rings is 1. The number of likely N-dealkylation sites (tertiary alicyclic amines) is 1. The van der Waals surface area contributed by atoms with Crippen molar-refractivity contribution < 1.29 is 9.59 Å². The minimum atomic E-state index is 0. The zero-order valence-corrected chi connectivity index (χ0v) is 19.5. The molecule has 1 amide bonds. The lowest BCUT2D eigenvalue weighted by molar-refractivity contribution is 0.0697. The first-order chi connectivity index (χ1) is 15.7. The van der Waals surface area contributed by atoms with Crippen LogP contribution in [0.5, 0.6) is 0 Å². The van der Waals surface area contributed by atoms with Gasteiger partial charge in [-0.05, 0) is 61.2 Å². The largest absolute Gasteiger partial charge is 0.334 e. The Morgan fingerprint density at radius 1 is 0.909 bits per heavy atom. The van der Waals surface area contributed by atoms with Crippen LogP contribution in [0.2, 0.25) is 0 Å². The van der Waals surface area contributed by atoms with E-state index in [0.717, 1.165) is 62.3 Å². The van der Waals surface area contributed by atoms with E-state index in [2.05, 4.69) is 23.1 Å². The summed E-state index contributed by atoms with van der Waals surface area (Å²) in [4.78, 5) is 29.9. The number of fused-ring (bicyclic) bond motifs is 1.